The SMILES string of the molecule is c1ccc(-c2ccc(-c3ccc4c(c3)C(c3ccccc3)(c3ccccc3)c3cccc5nc(-c6ccncc6)n-4c35)cc2)cc1. The van der Waals surface area contributed by atoms with E-state index in [0.717, 1.165) is 28.1 Å². The highest BCUT2D eigenvalue weighted by Crippen LogP contribution is 2.54. The van der Waals surface area contributed by atoms with Crippen LogP contribution in [0.1, 0.15) is 22.3 Å². The minimum absolute atomic E-state index is 0.567. The molecule has 0 fully saturated rings. The molecule has 46 heavy (non-hydrogen) atoms. The van der Waals surface area contributed by atoms with Gasteiger partial charge in [0.25, 0.3) is 0 Å². The third-order valence-corrected chi connectivity index (χ3v) is 9.40. The van der Waals surface area contributed by atoms with E-state index in [-0.39, 0.29) is 0 Å². The topological polar surface area (TPSA) is 30.7 Å². The first-order chi connectivity index (χ1) is 22.8. The Bertz CT molecular complexity index is 2280. The van der Waals surface area contributed by atoms with Gasteiger partial charge in [0.1, 0.15) is 5.82 Å². The fraction of sp³-hybridized carbons (Fsp3) is 0.0233. The molecule has 9 rings (SSSR count). The minimum atomic E-state index is -0.567. The second kappa shape index (κ2) is 10.5. The molecule has 216 valence electrons. The van der Waals surface area contributed by atoms with Crippen molar-refractivity contribution < 1.29 is 0 Å². The normalized spacial score (nSPS) is 13.0. The summed E-state index contributed by atoms with van der Waals surface area (Å²) in [6, 6.07) is 59.0. The number of hydrogen-bond acceptors (Lipinski definition) is 2. The molecule has 0 saturated carbocycles. The van der Waals surface area contributed by atoms with Crippen LogP contribution in [0.2, 0.25) is 0 Å². The first kappa shape index (κ1) is 26.4. The van der Waals surface area contributed by atoms with Crippen molar-refractivity contribution in [2.24, 2.45) is 0 Å². The lowest BCUT2D eigenvalue weighted by atomic mass is 9.63. The molecule has 8 aromatic rings. The number of imidazole rings is 1. The van der Waals surface area contributed by atoms with Gasteiger partial charge in [-0.1, -0.05) is 133 Å². The largest absolute Gasteiger partial charge is 0.292 e. The molecule has 0 atom stereocenters. The maximum absolute atomic E-state index is 5.26. The molecule has 6 aromatic carbocycles. The number of aromatic nitrogens is 3. The summed E-state index contributed by atoms with van der Waals surface area (Å²) in [6.45, 7) is 0. The monoisotopic (exact) mass is 587 g/mol. The highest BCUT2D eigenvalue weighted by Gasteiger charge is 2.45. The Hall–Kier alpha value is -6.06. The number of nitrogens with zero attached hydrogens (tertiary/aromatic N) is 3. The van der Waals surface area contributed by atoms with Gasteiger partial charge in [-0.2, -0.15) is 0 Å². The van der Waals surface area contributed by atoms with Gasteiger partial charge in [-0.05, 0) is 74.8 Å². The number of rotatable bonds is 5. The molecule has 0 N–H and O–H groups in total. The Kier molecular flexibility index (Phi) is 6.04. The molecular formula is C43H29N3. The molecule has 3 nitrogen and oxygen atoms in total. The van der Waals surface area contributed by atoms with Gasteiger partial charge in [0.05, 0.1) is 22.1 Å². The van der Waals surface area contributed by atoms with E-state index in [0.29, 0.717) is 0 Å². The summed E-state index contributed by atoms with van der Waals surface area (Å²) >= 11 is 0. The van der Waals surface area contributed by atoms with Gasteiger partial charge >= 0.3 is 0 Å². The van der Waals surface area contributed by atoms with Gasteiger partial charge in [-0.15, -0.1) is 0 Å². The van der Waals surface area contributed by atoms with Crippen LogP contribution in [0.5, 0.6) is 0 Å². The Labute approximate surface area is 268 Å². The molecule has 0 amide bonds. The number of para-hydroxylation sites is 1. The summed E-state index contributed by atoms with van der Waals surface area (Å²) in [5, 5.41) is 0. The van der Waals surface area contributed by atoms with Crippen LogP contribution < -0.4 is 0 Å². The molecule has 0 bridgehead atoms. The number of benzene rings is 6. The lowest BCUT2D eigenvalue weighted by Gasteiger charge is -2.41. The van der Waals surface area contributed by atoms with Crippen molar-refractivity contribution >= 4 is 11.0 Å². The highest BCUT2D eigenvalue weighted by molar-refractivity contribution is 5.93. The summed E-state index contributed by atoms with van der Waals surface area (Å²) in [5.41, 5.74) is 13.4. The lowest BCUT2D eigenvalue weighted by molar-refractivity contribution is 0.726. The molecule has 3 heterocycles. The van der Waals surface area contributed by atoms with Crippen molar-refractivity contribution in [2.75, 3.05) is 0 Å². The summed E-state index contributed by atoms with van der Waals surface area (Å²) in [5.74, 6) is 0.917. The van der Waals surface area contributed by atoms with Crippen LogP contribution in [0, 0.1) is 0 Å². The molecule has 0 unspecified atom stereocenters. The average Bonchev–Trinajstić information content (AvgIpc) is 3.54. The van der Waals surface area contributed by atoms with E-state index in [2.05, 4.69) is 161 Å². The van der Waals surface area contributed by atoms with Crippen molar-refractivity contribution in [1.29, 1.82) is 0 Å². The molecule has 2 aromatic heterocycles. The van der Waals surface area contributed by atoms with Gasteiger partial charge in [-0.3, -0.25) is 9.55 Å². The maximum atomic E-state index is 5.26. The van der Waals surface area contributed by atoms with Crippen LogP contribution in [0.15, 0.2) is 176 Å². The minimum Gasteiger partial charge on any atom is -0.292 e. The standard InChI is InChI=1S/C43H29N3/c1-4-11-30(12-5-1)31-19-21-32(22-20-31)34-23-24-40-38(29-34)43(35-13-6-2-7-14-35,36-15-8-3-9-16-36)37-17-10-18-39-41(37)46(40)42(45-39)33-25-27-44-28-26-33/h1-29H. The Morgan fingerprint density at radius 1 is 0.435 bits per heavy atom. The van der Waals surface area contributed by atoms with E-state index in [9.17, 15) is 0 Å². The molecule has 0 spiro atoms. The van der Waals surface area contributed by atoms with Crippen molar-refractivity contribution in [3.63, 3.8) is 0 Å². The van der Waals surface area contributed by atoms with Crippen molar-refractivity contribution in [3.05, 3.63) is 198 Å². The number of hydrogen-bond donors (Lipinski definition) is 0. The van der Waals surface area contributed by atoms with Crippen LogP contribution in [-0.4, -0.2) is 14.5 Å². The zero-order chi connectivity index (χ0) is 30.5. The summed E-state index contributed by atoms with van der Waals surface area (Å²) in [7, 11) is 0. The van der Waals surface area contributed by atoms with E-state index in [1.165, 1.54) is 44.5 Å². The van der Waals surface area contributed by atoms with Gasteiger partial charge in [0.15, 0.2) is 0 Å². The quantitative estimate of drug-likeness (QED) is 0.201. The zero-order valence-corrected chi connectivity index (χ0v) is 25.1. The summed E-state index contributed by atoms with van der Waals surface area (Å²) < 4.78 is 2.36. The Morgan fingerprint density at radius 3 is 1.65 bits per heavy atom. The van der Waals surface area contributed by atoms with E-state index < -0.39 is 5.41 Å². The Balaban J connectivity index is 1.37. The number of pyridine rings is 1. The van der Waals surface area contributed by atoms with E-state index in [4.69, 9.17) is 4.98 Å². The predicted molar refractivity (Wildman–Crippen MR) is 187 cm³/mol. The van der Waals surface area contributed by atoms with Crippen LogP contribution >= 0.6 is 0 Å². The lowest BCUT2D eigenvalue weighted by Crippen LogP contribution is -2.35. The second-order valence-electron chi connectivity index (χ2n) is 11.8. The molecule has 0 saturated heterocycles. The van der Waals surface area contributed by atoms with E-state index >= 15 is 0 Å². The third kappa shape index (κ3) is 3.92. The molecule has 3 heteroatoms. The van der Waals surface area contributed by atoms with Crippen LogP contribution in [-0.2, 0) is 5.41 Å². The third-order valence-electron chi connectivity index (χ3n) is 9.40. The molecule has 0 radical (unpaired) electrons. The zero-order valence-electron chi connectivity index (χ0n) is 25.1. The first-order valence-corrected chi connectivity index (χ1v) is 15.7. The molecular weight excluding hydrogens is 558 g/mol. The molecule has 1 aliphatic heterocycles. The van der Waals surface area contributed by atoms with Crippen molar-refractivity contribution in [3.8, 4) is 39.3 Å². The van der Waals surface area contributed by atoms with Crippen molar-refractivity contribution in [1.82, 2.24) is 14.5 Å². The average molecular weight is 588 g/mol. The predicted octanol–water partition coefficient (Wildman–Crippen LogP) is 10.1. The maximum Gasteiger partial charge on any atom is 0.145 e. The molecule has 1 aliphatic rings. The summed E-state index contributed by atoms with van der Waals surface area (Å²) in [6.07, 6.45) is 3.68. The highest BCUT2D eigenvalue weighted by atomic mass is 15.1. The van der Waals surface area contributed by atoms with Gasteiger partial charge in [0.2, 0.25) is 0 Å². The van der Waals surface area contributed by atoms with E-state index in [1.807, 2.05) is 24.5 Å². The van der Waals surface area contributed by atoms with Crippen molar-refractivity contribution in [2.45, 2.75) is 5.41 Å². The Morgan fingerprint density at radius 2 is 1.00 bits per heavy atom. The van der Waals surface area contributed by atoms with Gasteiger partial charge in [0, 0.05) is 18.0 Å². The van der Waals surface area contributed by atoms with Gasteiger partial charge in [-0.25, -0.2) is 4.98 Å². The second-order valence-corrected chi connectivity index (χ2v) is 11.8. The first-order valence-electron chi connectivity index (χ1n) is 15.7. The number of fused-ring (bicyclic) bond motifs is 2. The van der Waals surface area contributed by atoms with E-state index in [1.54, 1.807) is 0 Å². The van der Waals surface area contributed by atoms with Crippen LogP contribution in [0.3, 0.4) is 0 Å². The fourth-order valence-corrected chi connectivity index (χ4v) is 7.37. The molecule has 0 aliphatic carbocycles. The van der Waals surface area contributed by atoms with Crippen LogP contribution in [0.4, 0.5) is 0 Å². The fourth-order valence-electron chi connectivity index (χ4n) is 7.37. The van der Waals surface area contributed by atoms with Gasteiger partial charge < -0.3 is 0 Å². The van der Waals surface area contributed by atoms with Crippen LogP contribution in [0.25, 0.3) is 50.4 Å². The summed E-state index contributed by atoms with van der Waals surface area (Å²) in [4.78, 5) is 9.55. The smallest absolute Gasteiger partial charge is 0.145 e.